The zero-order valence-corrected chi connectivity index (χ0v) is 16.0. The third-order valence-electron chi connectivity index (χ3n) is 4.34. The van der Waals surface area contributed by atoms with Crippen LogP contribution >= 0.6 is 11.9 Å². The Balaban J connectivity index is 1.91. The summed E-state index contributed by atoms with van der Waals surface area (Å²) in [6.45, 7) is 13.5. The van der Waals surface area contributed by atoms with Crippen LogP contribution in [-0.4, -0.2) is 9.82 Å². The van der Waals surface area contributed by atoms with Crippen LogP contribution in [0.5, 0.6) is 0 Å². The van der Waals surface area contributed by atoms with Crippen LogP contribution in [0.2, 0.25) is 0 Å². The van der Waals surface area contributed by atoms with Crippen molar-refractivity contribution in [2.45, 2.75) is 71.7 Å². The summed E-state index contributed by atoms with van der Waals surface area (Å²) < 4.78 is 6.03. The van der Waals surface area contributed by atoms with Crippen molar-refractivity contribution in [2.75, 3.05) is 0 Å². The summed E-state index contributed by atoms with van der Waals surface area (Å²) in [5, 5.41) is 2.26. The Bertz CT molecular complexity index is 675. The first kappa shape index (κ1) is 16.9. The fourth-order valence-corrected chi connectivity index (χ4v) is 3.80. The number of benzene rings is 1. The zero-order valence-electron chi connectivity index (χ0n) is 15.1. The fraction of sp³-hybridized carbons (Fsp3) is 0.600. The van der Waals surface area contributed by atoms with E-state index in [0.29, 0.717) is 5.92 Å². The average Bonchev–Trinajstić information content (AvgIpc) is 3.22. The summed E-state index contributed by atoms with van der Waals surface area (Å²) in [6.07, 6.45) is 5.11. The average molecular weight is 331 g/mol. The molecule has 2 nitrogen and oxygen atoms in total. The Morgan fingerprint density at radius 1 is 1.26 bits per heavy atom. The van der Waals surface area contributed by atoms with E-state index in [4.69, 9.17) is 0 Å². The second-order valence-corrected chi connectivity index (χ2v) is 9.60. The molecule has 3 heteroatoms. The van der Waals surface area contributed by atoms with E-state index in [2.05, 4.69) is 68.3 Å². The van der Waals surface area contributed by atoms with Crippen LogP contribution in [0.15, 0.2) is 24.4 Å². The normalized spacial score (nSPS) is 15.7. The van der Waals surface area contributed by atoms with E-state index in [0.717, 1.165) is 18.3 Å². The topological polar surface area (TPSA) is 17.0 Å². The highest BCUT2D eigenvalue weighted by atomic mass is 32.2. The first-order valence-corrected chi connectivity index (χ1v) is 9.71. The number of fused-ring (bicyclic) bond motifs is 1. The van der Waals surface area contributed by atoms with Crippen molar-refractivity contribution in [1.29, 1.82) is 0 Å². The van der Waals surface area contributed by atoms with E-state index >= 15 is 0 Å². The molecule has 1 fully saturated rings. The van der Waals surface area contributed by atoms with E-state index in [1.54, 1.807) is 0 Å². The lowest BCUT2D eigenvalue weighted by molar-refractivity contribution is 0.349. The van der Waals surface area contributed by atoms with Gasteiger partial charge in [-0.25, -0.2) is 0 Å². The molecule has 1 N–H and O–H groups in total. The first-order chi connectivity index (χ1) is 10.8. The first-order valence-electron chi connectivity index (χ1n) is 8.84. The lowest BCUT2D eigenvalue weighted by Gasteiger charge is -2.20. The van der Waals surface area contributed by atoms with Gasteiger partial charge in [-0.1, -0.05) is 58.7 Å². The molecule has 3 rings (SSSR count). The molecule has 2 aromatic rings. The van der Waals surface area contributed by atoms with Gasteiger partial charge in [0.1, 0.15) is 0 Å². The van der Waals surface area contributed by atoms with Gasteiger partial charge in [-0.05, 0) is 41.4 Å². The predicted octanol–water partition coefficient (Wildman–Crippen LogP) is 5.71. The molecule has 0 spiro atoms. The van der Waals surface area contributed by atoms with Gasteiger partial charge in [-0.3, -0.25) is 4.72 Å². The number of aromatic nitrogens is 1. The molecule has 1 aliphatic carbocycles. The molecule has 0 radical (unpaired) electrons. The molecular formula is C20H30N2S. The molecule has 23 heavy (non-hydrogen) atoms. The molecule has 1 aromatic carbocycles. The Morgan fingerprint density at radius 2 is 2.00 bits per heavy atom. The summed E-state index contributed by atoms with van der Waals surface area (Å²) >= 11 is 1.92. The fourth-order valence-electron chi connectivity index (χ4n) is 2.95. The lowest BCUT2D eigenvalue weighted by atomic mass is 9.96. The summed E-state index contributed by atoms with van der Waals surface area (Å²) in [5.74, 6) is 0.574. The van der Waals surface area contributed by atoms with Crippen LogP contribution < -0.4 is 4.72 Å². The van der Waals surface area contributed by atoms with Crippen LogP contribution in [0.1, 0.15) is 64.5 Å². The number of rotatable bonds is 6. The molecule has 0 saturated heterocycles. The van der Waals surface area contributed by atoms with Crippen molar-refractivity contribution >= 4 is 22.9 Å². The minimum atomic E-state index is 0.285. The third kappa shape index (κ3) is 4.33. The molecule has 0 atom stereocenters. The van der Waals surface area contributed by atoms with E-state index in [-0.39, 0.29) is 5.41 Å². The molecule has 0 bridgehead atoms. The quantitative estimate of drug-likeness (QED) is 0.683. The van der Waals surface area contributed by atoms with Crippen molar-refractivity contribution in [3.8, 4) is 0 Å². The summed E-state index contributed by atoms with van der Waals surface area (Å²) in [7, 11) is 0. The summed E-state index contributed by atoms with van der Waals surface area (Å²) in [4.78, 5) is 0. The second-order valence-electron chi connectivity index (χ2n) is 8.41. The molecule has 0 unspecified atom stereocenters. The number of nitrogens with one attached hydrogen (secondary N) is 1. The van der Waals surface area contributed by atoms with Crippen molar-refractivity contribution in [3.05, 3.63) is 35.5 Å². The van der Waals surface area contributed by atoms with Crippen molar-refractivity contribution < 1.29 is 0 Å². The standard InChI is InChI=1S/C20H30N2S/c1-14(2)15-6-9-18-16(11-21-23-17-7-8-17)12-22(19(18)10-15)13-20(3,4)5/h6,9-10,12,14,17,21H,7-8,11,13H2,1-5H3. The highest BCUT2D eigenvalue weighted by Gasteiger charge is 2.22. The molecule has 1 aromatic heterocycles. The maximum Gasteiger partial charge on any atom is 0.0486 e. The lowest BCUT2D eigenvalue weighted by Crippen LogP contribution is -2.14. The molecular weight excluding hydrogens is 300 g/mol. The van der Waals surface area contributed by atoms with E-state index in [1.807, 2.05) is 11.9 Å². The van der Waals surface area contributed by atoms with Gasteiger partial charge in [-0.2, -0.15) is 0 Å². The Labute approximate surface area is 145 Å². The molecule has 0 aliphatic heterocycles. The van der Waals surface area contributed by atoms with Crippen molar-refractivity contribution in [1.82, 2.24) is 9.29 Å². The zero-order chi connectivity index (χ0) is 16.6. The van der Waals surface area contributed by atoms with Gasteiger partial charge in [0.25, 0.3) is 0 Å². The molecule has 126 valence electrons. The largest absolute Gasteiger partial charge is 0.347 e. The number of hydrogen-bond donors (Lipinski definition) is 1. The van der Waals surface area contributed by atoms with Crippen LogP contribution in [0.25, 0.3) is 10.9 Å². The number of hydrogen-bond acceptors (Lipinski definition) is 2. The summed E-state index contributed by atoms with van der Waals surface area (Å²) in [5.41, 5.74) is 4.53. The van der Waals surface area contributed by atoms with E-state index in [1.165, 1.54) is 34.9 Å². The SMILES string of the molecule is CC(C)c1ccc2c(CNSC3CC3)cn(CC(C)(C)C)c2c1. The Kier molecular flexibility index (Phi) is 4.80. The molecule has 1 heterocycles. The van der Waals surface area contributed by atoms with Gasteiger partial charge in [0, 0.05) is 35.4 Å². The van der Waals surface area contributed by atoms with Gasteiger partial charge in [0.15, 0.2) is 0 Å². The van der Waals surface area contributed by atoms with Gasteiger partial charge in [0.05, 0.1) is 0 Å². The van der Waals surface area contributed by atoms with Crippen molar-refractivity contribution in [3.63, 3.8) is 0 Å². The summed E-state index contributed by atoms with van der Waals surface area (Å²) in [6, 6.07) is 7.01. The molecule has 1 saturated carbocycles. The van der Waals surface area contributed by atoms with Crippen LogP contribution in [-0.2, 0) is 13.1 Å². The smallest absolute Gasteiger partial charge is 0.0486 e. The highest BCUT2D eigenvalue weighted by molar-refractivity contribution is 7.98. The molecule has 1 aliphatic rings. The second kappa shape index (κ2) is 6.52. The number of nitrogens with zero attached hydrogens (tertiary/aromatic N) is 1. The molecule has 0 amide bonds. The monoisotopic (exact) mass is 330 g/mol. The van der Waals surface area contributed by atoms with Gasteiger partial charge < -0.3 is 4.57 Å². The van der Waals surface area contributed by atoms with Crippen LogP contribution in [0.4, 0.5) is 0 Å². The Morgan fingerprint density at radius 3 is 2.61 bits per heavy atom. The van der Waals surface area contributed by atoms with Gasteiger partial charge in [-0.15, -0.1) is 0 Å². The highest BCUT2D eigenvalue weighted by Crippen LogP contribution is 2.33. The van der Waals surface area contributed by atoms with Crippen LogP contribution in [0.3, 0.4) is 0 Å². The van der Waals surface area contributed by atoms with Gasteiger partial charge >= 0.3 is 0 Å². The van der Waals surface area contributed by atoms with E-state index < -0.39 is 0 Å². The van der Waals surface area contributed by atoms with Crippen LogP contribution in [0, 0.1) is 5.41 Å². The minimum Gasteiger partial charge on any atom is -0.347 e. The van der Waals surface area contributed by atoms with Crippen molar-refractivity contribution in [2.24, 2.45) is 5.41 Å². The van der Waals surface area contributed by atoms with E-state index in [9.17, 15) is 0 Å². The van der Waals surface area contributed by atoms with Gasteiger partial charge in [0.2, 0.25) is 0 Å². The predicted molar refractivity (Wildman–Crippen MR) is 103 cm³/mol. The third-order valence-corrected chi connectivity index (χ3v) is 5.45. The minimum absolute atomic E-state index is 0.285. The maximum atomic E-state index is 3.57. The Hall–Kier alpha value is -0.930. The maximum absolute atomic E-state index is 3.57.